The number of rotatable bonds is 3. The molecule has 2 nitrogen and oxygen atoms in total. The first kappa shape index (κ1) is 9.71. The molecule has 0 unspecified atom stereocenters. The predicted molar refractivity (Wildman–Crippen MR) is 50.8 cm³/mol. The van der Waals surface area contributed by atoms with Gasteiger partial charge in [-0.3, -0.25) is 0 Å². The van der Waals surface area contributed by atoms with E-state index in [1.54, 1.807) is 7.11 Å². The first-order valence-corrected chi connectivity index (χ1v) is 4.44. The van der Waals surface area contributed by atoms with Gasteiger partial charge in [-0.05, 0) is 17.2 Å². The Labute approximate surface area is 80.3 Å². The highest BCUT2D eigenvalue weighted by Crippen LogP contribution is 2.19. The van der Waals surface area contributed by atoms with Gasteiger partial charge >= 0.3 is 0 Å². The van der Waals surface area contributed by atoms with Crippen LogP contribution in [0.4, 0.5) is 0 Å². The molecule has 66 valence electrons. The molecule has 0 aliphatic carbocycles. The Morgan fingerprint density at radius 2 is 2.25 bits per heavy atom. The van der Waals surface area contributed by atoms with Gasteiger partial charge in [-0.2, -0.15) is 0 Å². The van der Waals surface area contributed by atoms with E-state index in [1.165, 1.54) is 0 Å². The zero-order valence-corrected chi connectivity index (χ0v) is 8.47. The number of halogens is 1. The molecule has 1 aromatic rings. The molecule has 0 saturated heterocycles. The highest BCUT2D eigenvalue weighted by Gasteiger charge is 1.99. The van der Waals surface area contributed by atoms with Crippen molar-refractivity contribution in [2.45, 2.75) is 13.2 Å². The van der Waals surface area contributed by atoms with Gasteiger partial charge < -0.3 is 9.84 Å². The summed E-state index contributed by atoms with van der Waals surface area (Å²) in [5, 5.41) is 8.83. The maximum absolute atomic E-state index is 8.83. The van der Waals surface area contributed by atoms with Crippen molar-refractivity contribution in [1.29, 1.82) is 0 Å². The van der Waals surface area contributed by atoms with E-state index in [0.29, 0.717) is 6.61 Å². The maximum atomic E-state index is 8.83. The first-order valence-electron chi connectivity index (χ1n) is 3.65. The Bertz CT molecular complexity index is 261. The van der Waals surface area contributed by atoms with Gasteiger partial charge in [-0.1, -0.05) is 28.1 Å². The van der Waals surface area contributed by atoms with Gasteiger partial charge in [0.2, 0.25) is 0 Å². The standard InChI is InChI=1S/C9H11BrO2/c1-12-6-8-3-2-7(5-11)4-9(8)10/h2-4,11H,5-6H2,1H3. The van der Waals surface area contributed by atoms with Crippen molar-refractivity contribution >= 4 is 15.9 Å². The number of aliphatic hydroxyl groups is 1. The number of hydrogen-bond acceptors (Lipinski definition) is 2. The molecule has 0 atom stereocenters. The quantitative estimate of drug-likeness (QED) is 0.862. The molecule has 0 saturated carbocycles. The van der Waals surface area contributed by atoms with Gasteiger partial charge in [0.15, 0.2) is 0 Å². The van der Waals surface area contributed by atoms with Crippen molar-refractivity contribution in [2.75, 3.05) is 7.11 Å². The molecule has 1 N–H and O–H groups in total. The van der Waals surface area contributed by atoms with Crippen LogP contribution in [-0.4, -0.2) is 12.2 Å². The van der Waals surface area contributed by atoms with Crippen LogP contribution >= 0.6 is 15.9 Å². The van der Waals surface area contributed by atoms with Crippen molar-refractivity contribution in [1.82, 2.24) is 0 Å². The van der Waals surface area contributed by atoms with Crippen molar-refractivity contribution < 1.29 is 9.84 Å². The van der Waals surface area contributed by atoms with Crippen LogP contribution in [0.25, 0.3) is 0 Å². The molecule has 3 heteroatoms. The molecular weight excluding hydrogens is 220 g/mol. The molecular formula is C9H11BrO2. The van der Waals surface area contributed by atoms with Crippen LogP contribution in [0.1, 0.15) is 11.1 Å². The van der Waals surface area contributed by atoms with Crippen molar-refractivity contribution in [3.63, 3.8) is 0 Å². The van der Waals surface area contributed by atoms with Gasteiger partial charge in [0.1, 0.15) is 0 Å². The van der Waals surface area contributed by atoms with Gasteiger partial charge in [-0.25, -0.2) is 0 Å². The number of ether oxygens (including phenoxy) is 1. The highest BCUT2D eigenvalue weighted by molar-refractivity contribution is 9.10. The molecule has 0 fully saturated rings. The third-order valence-electron chi connectivity index (χ3n) is 1.60. The summed E-state index contributed by atoms with van der Waals surface area (Å²) in [5.74, 6) is 0. The zero-order valence-electron chi connectivity index (χ0n) is 6.88. The average molecular weight is 231 g/mol. The maximum Gasteiger partial charge on any atom is 0.0724 e. The van der Waals surface area contributed by atoms with Crippen LogP contribution in [-0.2, 0) is 18.0 Å². The van der Waals surface area contributed by atoms with Crippen LogP contribution in [0.15, 0.2) is 22.7 Å². The molecule has 12 heavy (non-hydrogen) atoms. The minimum absolute atomic E-state index is 0.0753. The molecule has 0 aliphatic heterocycles. The summed E-state index contributed by atoms with van der Waals surface area (Å²) in [4.78, 5) is 0. The largest absolute Gasteiger partial charge is 0.392 e. The van der Waals surface area contributed by atoms with E-state index in [2.05, 4.69) is 15.9 Å². The van der Waals surface area contributed by atoms with Gasteiger partial charge in [0, 0.05) is 11.6 Å². The minimum atomic E-state index is 0.0753. The number of benzene rings is 1. The van der Waals surface area contributed by atoms with Crippen molar-refractivity contribution in [2.24, 2.45) is 0 Å². The van der Waals surface area contributed by atoms with Crippen LogP contribution in [0.3, 0.4) is 0 Å². The second-order valence-electron chi connectivity index (χ2n) is 2.52. The number of methoxy groups -OCH3 is 1. The molecule has 0 heterocycles. The Balaban J connectivity index is 2.87. The van der Waals surface area contributed by atoms with Gasteiger partial charge in [0.25, 0.3) is 0 Å². The summed E-state index contributed by atoms with van der Waals surface area (Å²) in [6.45, 7) is 0.665. The fourth-order valence-corrected chi connectivity index (χ4v) is 1.50. The topological polar surface area (TPSA) is 29.5 Å². The Hall–Kier alpha value is -0.380. The van der Waals surface area contributed by atoms with E-state index in [0.717, 1.165) is 15.6 Å². The van der Waals surface area contributed by atoms with E-state index in [-0.39, 0.29) is 6.61 Å². The fraction of sp³-hybridized carbons (Fsp3) is 0.333. The lowest BCUT2D eigenvalue weighted by Gasteiger charge is -2.04. The summed E-state index contributed by atoms with van der Waals surface area (Å²) in [6.07, 6.45) is 0. The summed E-state index contributed by atoms with van der Waals surface area (Å²) in [5.41, 5.74) is 2.00. The van der Waals surface area contributed by atoms with Crippen molar-refractivity contribution in [3.8, 4) is 0 Å². The Kier molecular flexibility index (Phi) is 3.72. The highest BCUT2D eigenvalue weighted by atomic mass is 79.9. The number of aliphatic hydroxyl groups excluding tert-OH is 1. The summed E-state index contributed by atoms with van der Waals surface area (Å²) in [6, 6.07) is 5.73. The summed E-state index contributed by atoms with van der Waals surface area (Å²) in [7, 11) is 1.66. The van der Waals surface area contributed by atoms with Crippen LogP contribution in [0.5, 0.6) is 0 Å². The molecule has 0 aromatic heterocycles. The molecule has 1 rings (SSSR count). The van der Waals surface area contributed by atoms with Gasteiger partial charge in [-0.15, -0.1) is 0 Å². The lowest BCUT2D eigenvalue weighted by Crippen LogP contribution is -1.91. The molecule has 0 radical (unpaired) electrons. The SMILES string of the molecule is COCc1ccc(CO)cc1Br. The van der Waals surface area contributed by atoms with E-state index in [9.17, 15) is 0 Å². The smallest absolute Gasteiger partial charge is 0.0724 e. The average Bonchev–Trinajstić information content (AvgIpc) is 2.09. The first-order chi connectivity index (χ1) is 5.77. The fourth-order valence-electron chi connectivity index (χ4n) is 0.962. The lowest BCUT2D eigenvalue weighted by molar-refractivity contribution is 0.184. The lowest BCUT2D eigenvalue weighted by atomic mass is 10.1. The molecule has 0 bridgehead atoms. The number of hydrogen-bond donors (Lipinski definition) is 1. The normalized spacial score (nSPS) is 10.2. The zero-order chi connectivity index (χ0) is 8.97. The van der Waals surface area contributed by atoms with E-state index in [4.69, 9.17) is 9.84 Å². The van der Waals surface area contributed by atoms with Crippen LogP contribution < -0.4 is 0 Å². The van der Waals surface area contributed by atoms with Gasteiger partial charge in [0.05, 0.1) is 13.2 Å². The van der Waals surface area contributed by atoms with E-state index in [1.807, 2.05) is 18.2 Å². The monoisotopic (exact) mass is 230 g/mol. The van der Waals surface area contributed by atoms with Crippen LogP contribution in [0.2, 0.25) is 0 Å². The summed E-state index contributed by atoms with van der Waals surface area (Å²) < 4.78 is 5.97. The van der Waals surface area contributed by atoms with Crippen molar-refractivity contribution in [3.05, 3.63) is 33.8 Å². The second kappa shape index (κ2) is 4.60. The molecule has 1 aromatic carbocycles. The molecule has 0 aliphatic rings. The molecule has 0 amide bonds. The third kappa shape index (κ3) is 2.30. The van der Waals surface area contributed by atoms with E-state index < -0.39 is 0 Å². The second-order valence-corrected chi connectivity index (χ2v) is 3.37. The minimum Gasteiger partial charge on any atom is -0.392 e. The van der Waals surface area contributed by atoms with E-state index >= 15 is 0 Å². The Morgan fingerprint density at radius 1 is 1.50 bits per heavy atom. The molecule has 0 spiro atoms. The third-order valence-corrected chi connectivity index (χ3v) is 2.34. The summed E-state index contributed by atoms with van der Waals surface area (Å²) >= 11 is 3.40. The predicted octanol–water partition coefficient (Wildman–Crippen LogP) is 2.09. The Morgan fingerprint density at radius 3 is 2.75 bits per heavy atom. The van der Waals surface area contributed by atoms with Crippen LogP contribution in [0, 0.1) is 0 Å².